The predicted molar refractivity (Wildman–Crippen MR) is 59.2 cm³/mol. The SMILES string of the molecule is C=C(C)C1CCN(CCCCF)CC1. The van der Waals surface area contributed by atoms with Crippen molar-refractivity contribution in [3.05, 3.63) is 12.2 Å². The molecule has 0 aromatic heterocycles. The van der Waals surface area contributed by atoms with Crippen LogP contribution in [0.25, 0.3) is 0 Å². The van der Waals surface area contributed by atoms with Crippen LogP contribution >= 0.6 is 0 Å². The molecule has 0 amide bonds. The minimum atomic E-state index is -0.164. The second-order valence-corrected chi connectivity index (χ2v) is 4.36. The summed E-state index contributed by atoms with van der Waals surface area (Å²) < 4.78 is 11.9. The highest BCUT2D eigenvalue weighted by Crippen LogP contribution is 2.23. The fourth-order valence-electron chi connectivity index (χ4n) is 2.08. The molecule has 0 aliphatic carbocycles. The van der Waals surface area contributed by atoms with Gasteiger partial charge < -0.3 is 4.90 Å². The molecule has 1 heterocycles. The average molecular weight is 199 g/mol. The summed E-state index contributed by atoms with van der Waals surface area (Å²) in [5, 5.41) is 0. The van der Waals surface area contributed by atoms with Crippen molar-refractivity contribution in [1.82, 2.24) is 4.90 Å². The summed E-state index contributed by atoms with van der Waals surface area (Å²) in [7, 11) is 0. The van der Waals surface area contributed by atoms with Gasteiger partial charge in [0.2, 0.25) is 0 Å². The Balaban J connectivity index is 2.12. The number of hydrogen-bond donors (Lipinski definition) is 0. The van der Waals surface area contributed by atoms with Gasteiger partial charge in [0.05, 0.1) is 6.67 Å². The topological polar surface area (TPSA) is 3.24 Å². The Morgan fingerprint density at radius 2 is 2.00 bits per heavy atom. The van der Waals surface area contributed by atoms with E-state index in [1.165, 1.54) is 31.5 Å². The van der Waals surface area contributed by atoms with Crippen LogP contribution in [0.2, 0.25) is 0 Å². The minimum Gasteiger partial charge on any atom is -0.303 e. The maximum atomic E-state index is 11.9. The number of alkyl halides is 1. The maximum absolute atomic E-state index is 11.9. The Hall–Kier alpha value is -0.370. The number of nitrogens with zero attached hydrogens (tertiary/aromatic N) is 1. The summed E-state index contributed by atoms with van der Waals surface area (Å²) in [6.07, 6.45) is 4.21. The van der Waals surface area contributed by atoms with Crippen LogP contribution in [-0.4, -0.2) is 31.2 Å². The van der Waals surface area contributed by atoms with Gasteiger partial charge in [0, 0.05) is 0 Å². The molecule has 1 fully saturated rings. The molecule has 0 aromatic rings. The Morgan fingerprint density at radius 3 is 2.50 bits per heavy atom. The molecule has 0 saturated carbocycles. The zero-order valence-electron chi connectivity index (χ0n) is 9.27. The zero-order chi connectivity index (χ0) is 10.4. The van der Waals surface area contributed by atoms with Crippen LogP contribution < -0.4 is 0 Å². The van der Waals surface area contributed by atoms with Gasteiger partial charge >= 0.3 is 0 Å². The van der Waals surface area contributed by atoms with Crippen molar-refractivity contribution < 1.29 is 4.39 Å². The van der Waals surface area contributed by atoms with E-state index in [0.29, 0.717) is 0 Å². The van der Waals surface area contributed by atoms with Crippen molar-refractivity contribution in [3.8, 4) is 0 Å². The zero-order valence-corrected chi connectivity index (χ0v) is 9.27. The fraction of sp³-hybridized carbons (Fsp3) is 0.833. The monoisotopic (exact) mass is 199 g/mol. The Morgan fingerprint density at radius 1 is 1.36 bits per heavy atom. The molecule has 14 heavy (non-hydrogen) atoms. The Labute approximate surface area is 87.0 Å². The molecule has 82 valence electrons. The van der Waals surface area contributed by atoms with Crippen LogP contribution in [0.4, 0.5) is 4.39 Å². The second-order valence-electron chi connectivity index (χ2n) is 4.36. The molecule has 1 saturated heterocycles. The Bertz CT molecular complexity index is 171. The van der Waals surface area contributed by atoms with E-state index in [0.717, 1.165) is 25.3 Å². The van der Waals surface area contributed by atoms with Gasteiger partial charge in [-0.3, -0.25) is 4.39 Å². The van der Waals surface area contributed by atoms with E-state index >= 15 is 0 Å². The maximum Gasteiger partial charge on any atom is 0.0894 e. The number of unbranched alkanes of at least 4 members (excludes halogenated alkanes) is 1. The van der Waals surface area contributed by atoms with Gasteiger partial charge in [0.1, 0.15) is 0 Å². The number of halogens is 1. The lowest BCUT2D eigenvalue weighted by Crippen LogP contribution is -2.34. The molecule has 1 aliphatic heterocycles. The first-order valence-corrected chi connectivity index (χ1v) is 5.67. The first-order valence-electron chi connectivity index (χ1n) is 5.67. The predicted octanol–water partition coefficient (Wildman–Crippen LogP) is 3.02. The smallest absolute Gasteiger partial charge is 0.0894 e. The highest BCUT2D eigenvalue weighted by molar-refractivity contribution is 4.98. The average Bonchev–Trinajstić information content (AvgIpc) is 2.19. The highest BCUT2D eigenvalue weighted by atomic mass is 19.1. The standard InChI is InChI=1S/C12H22FN/c1-11(2)12-5-9-14(10-6-12)8-4-3-7-13/h12H,1,3-10H2,2H3. The van der Waals surface area contributed by atoms with E-state index in [9.17, 15) is 4.39 Å². The molecule has 0 atom stereocenters. The van der Waals surface area contributed by atoms with Gasteiger partial charge in [-0.15, -0.1) is 0 Å². The van der Waals surface area contributed by atoms with Crippen molar-refractivity contribution >= 4 is 0 Å². The van der Waals surface area contributed by atoms with Crippen LogP contribution in [0, 0.1) is 5.92 Å². The van der Waals surface area contributed by atoms with E-state index in [1.807, 2.05) is 0 Å². The molecular weight excluding hydrogens is 177 g/mol. The molecule has 1 nitrogen and oxygen atoms in total. The summed E-state index contributed by atoms with van der Waals surface area (Å²) in [4.78, 5) is 2.45. The minimum absolute atomic E-state index is 0.164. The summed E-state index contributed by atoms with van der Waals surface area (Å²) in [5.74, 6) is 0.729. The van der Waals surface area contributed by atoms with Crippen LogP contribution in [0.1, 0.15) is 32.6 Å². The third-order valence-electron chi connectivity index (χ3n) is 3.14. The van der Waals surface area contributed by atoms with Crippen LogP contribution in [0.3, 0.4) is 0 Å². The first kappa shape index (κ1) is 11.7. The van der Waals surface area contributed by atoms with Gasteiger partial charge in [-0.2, -0.15) is 0 Å². The van der Waals surface area contributed by atoms with Gasteiger partial charge in [0.15, 0.2) is 0 Å². The quantitative estimate of drug-likeness (QED) is 0.486. The van der Waals surface area contributed by atoms with E-state index in [4.69, 9.17) is 0 Å². The van der Waals surface area contributed by atoms with Gasteiger partial charge in [-0.1, -0.05) is 12.2 Å². The van der Waals surface area contributed by atoms with Crippen LogP contribution in [0.15, 0.2) is 12.2 Å². The fourth-order valence-corrected chi connectivity index (χ4v) is 2.08. The number of piperidine rings is 1. The van der Waals surface area contributed by atoms with Crippen molar-refractivity contribution in [2.24, 2.45) is 5.92 Å². The van der Waals surface area contributed by atoms with Gasteiger partial charge in [0.25, 0.3) is 0 Å². The lowest BCUT2D eigenvalue weighted by molar-refractivity contribution is 0.194. The molecule has 2 heteroatoms. The normalized spacial score (nSPS) is 19.9. The Kier molecular flexibility index (Phi) is 5.16. The van der Waals surface area contributed by atoms with E-state index < -0.39 is 0 Å². The highest BCUT2D eigenvalue weighted by Gasteiger charge is 2.18. The van der Waals surface area contributed by atoms with Crippen molar-refractivity contribution in [1.29, 1.82) is 0 Å². The number of allylic oxidation sites excluding steroid dienone is 1. The molecule has 1 aliphatic rings. The lowest BCUT2D eigenvalue weighted by atomic mass is 9.91. The lowest BCUT2D eigenvalue weighted by Gasteiger charge is -2.32. The molecule has 1 rings (SSSR count). The molecule has 0 unspecified atom stereocenters. The third kappa shape index (κ3) is 3.79. The third-order valence-corrected chi connectivity index (χ3v) is 3.14. The van der Waals surface area contributed by atoms with Crippen molar-refractivity contribution in [3.63, 3.8) is 0 Å². The summed E-state index contributed by atoms with van der Waals surface area (Å²) in [6.45, 7) is 9.39. The molecular formula is C12H22FN. The van der Waals surface area contributed by atoms with E-state index in [-0.39, 0.29) is 6.67 Å². The second kappa shape index (κ2) is 6.18. The molecule has 0 radical (unpaired) electrons. The van der Waals surface area contributed by atoms with Gasteiger partial charge in [-0.25, -0.2) is 0 Å². The molecule has 0 bridgehead atoms. The number of likely N-dealkylation sites (tertiary alicyclic amines) is 1. The summed E-state index contributed by atoms with van der Waals surface area (Å²) in [6, 6.07) is 0. The summed E-state index contributed by atoms with van der Waals surface area (Å²) in [5.41, 5.74) is 1.33. The molecule has 0 N–H and O–H groups in total. The van der Waals surface area contributed by atoms with Crippen molar-refractivity contribution in [2.75, 3.05) is 26.3 Å². The molecule has 0 aromatic carbocycles. The van der Waals surface area contributed by atoms with Gasteiger partial charge in [-0.05, 0) is 58.2 Å². The first-order chi connectivity index (χ1) is 6.74. The van der Waals surface area contributed by atoms with Crippen LogP contribution in [0.5, 0.6) is 0 Å². The number of hydrogen-bond acceptors (Lipinski definition) is 1. The summed E-state index contributed by atoms with van der Waals surface area (Å²) >= 11 is 0. The molecule has 0 spiro atoms. The largest absolute Gasteiger partial charge is 0.303 e. The van der Waals surface area contributed by atoms with Crippen LogP contribution in [-0.2, 0) is 0 Å². The number of rotatable bonds is 5. The van der Waals surface area contributed by atoms with E-state index in [2.05, 4.69) is 18.4 Å². The van der Waals surface area contributed by atoms with E-state index in [1.54, 1.807) is 0 Å². The van der Waals surface area contributed by atoms with Crippen molar-refractivity contribution in [2.45, 2.75) is 32.6 Å².